The topological polar surface area (TPSA) is 39.4 Å². The minimum absolute atomic E-state index is 0.00708. The van der Waals surface area contributed by atoms with E-state index in [1.165, 1.54) is 0 Å². The highest BCUT2D eigenvalue weighted by molar-refractivity contribution is 5.78. The first-order valence-electron chi connectivity index (χ1n) is 4.71. The molecule has 1 aromatic heterocycles. The molecule has 0 saturated heterocycles. The van der Waals surface area contributed by atoms with Crippen molar-refractivity contribution in [3.05, 3.63) is 39.7 Å². The van der Waals surface area contributed by atoms with Crippen molar-refractivity contribution in [3.63, 3.8) is 0 Å². The Kier molecular flexibility index (Phi) is 2.23. The van der Waals surface area contributed by atoms with Gasteiger partial charge in [-0.1, -0.05) is 0 Å². The molecule has 1 heterocycles. The number of aryl methyl sites for hydroxylation is 1. The second-order valence-electron chi connectivity index (χ2n) is 3.47. The van der Waals surface area contributed by atoms with Crippen LogP contribution in [-0.2, 0) is 0 Å². The van der Waals surface area contributed by atoms with E-state index in [1.54, 1.807) is 39.2 Å². The molecule has 0 atom stereocenters. The van der Waals surface area contributed by atoms with E-state index in [0.717, 1.165) is 0 Å². The lowest BCUT2D eigenvalue weighted by Crippen LogP contribution is -2.07. The minimum atomic E-state index is 0.00708. The number of methoxy groups -OCH3 is 1. The molecule has 0 aliphatic carbocycles. The molecule has 0 N–H and O–H groups in total. The van der Waals surface area contributed by atoms with Crippen LogP contribution in [-0.4, -0.2) is 7.11 Å². The maximum absolute atomic E-state index is 11.9. The number of ether oxygens (including phenoxy) is 1. The Morgan fingerprint density at radius 3 is 2.67 bits per heavy atom. The summed E-state index contributed by atoms with van der Waals surface area (Å²) in [5, 5.41) is 0.567. The van der Waals surface area contributed by atoms with Crippen LogP contribution in [0.4, 0.5) is 0 Å². The zero-order chi connectivity index (χ0) is 11.0. The van der Waals surface area contributed by atoms with E-state index >= 15 is 0 Å². The normalized spacial score (nSPS) is 10.6. The number of hydrogen-bond acceptors (Lipinski definition) is 3. The zero-order valence-corrected chi connectivity index (χ0v) is 8.96. The number of hydrogen-bond donors (Lipinski definition) is 0. The van der Waals surface area contributed by atoms with E-state index in [-0.39, 0.29) is 5.43 Å². The van der Waals surface area contributed by atoms with Crippen molar-refractivity contribution in [1.82, 2.24) is 0 Å². The molecule has 0 aliphatic heterocycles. The maximum Gasteiger partial charge on any atom is 0.195 e. The number of fused-ring (bicyclic) bond motifs is 1. The summed E-state index contributed by atoms with van der Waals surface area (Å²) >= 11 is 0. The van der Waals surface area contributed by atoms with Crippen LogP contribution in [0.1, 0.15) is 11.3 Å². The van der Waals surface area contributed by atoms with Crippen molar-refractivity contribution in [3.8, 4) is 5.75 Å². The summed E-state index contributed by atoms with van der Waals surface area (Å²) < 4.78 is 10.6. The highest BCUT2D eigenvalue weighted by atomic mass is 16.5. The standard InChI is InChI=1S/C12H12O3/c1-7-8(2)15-11-5-4-9(14-3)6-10(11)12(7)13/h4-6H,1-3H3. The van der Waals surface area contributed by atoms with E-state index in [4.69, 9.17) is 9.15 Å². The molecule has 15 heavy (non-hydrogen) atoms. The monoisotopic (exact) mass is 204 g/mol. The first kappa shape index (κ1) is 9.77. The van der Waals surface area contributed by atoms with E-state index in [0.29, 0.717) is 28.0 Å². The fraction of sp³-hybridized carbons (Fsp3) is 0.250. The number of rotatable bonds is 1. The molecule has 0 radical (unpaired) electrons. The van der Waals surface area contributed by atoms with Crippen LogP contribution in [0.15, 0.2) is 27.4 Å². The Morgan fingerprint density at radius 1 is 1.27 bits per heavy atom. The molecular formula is C12H12O3. The SMILES string of the molecule is COc1ccc2oc(C)c(C)c(=O)c2c1. The minimum Gasteiger partial charge on any atom is -0.497 e. The number of benzene rings is 1. The summed E-state index contributed by atoms with van der Waals surface area (Å²) in [5.74, 6) is 1.33. The van der Waals surface area contributed by atoms with Gasteiger partial charge in [-0.25, -0.2) is 0 Å². The molecule has 2 rings (SSSR count). The van der Waals surface area contributed by atoms with Crippen LogP contribution in [0.5, 0.6) is 5.75 Å². The molecule has 2 aromatic rings. The average molecular weight is 204 g/mol. The first-order valence-corrected chi connectivity index (χ1v) is 4.71. The molecule has 78 valence electrons. The van der Waals surface area contributed by atoms with Gasteiger partial charge in [-0.2, -0.15) is 0 Å². The van der Waals surface area contributed by atoms with Gasteiger partial charge in [0.05, 0.1) is 12.5 Å². The third-order valence-corrected chi connectivity index (χ3v) is 2.56. The van der Waals surface area contributed by atoms with Crippen molar-refractivity contribution in [2.45, 2.75) is 13.8 Å². The molecule has 0 spiro atoms. The van der Waals surface area contributed by atoms with Gasteiger partial charge in [0.25, 0.3) is 0 Å². The Morgan fingerprint density at radius 2 is 2.00 bits per heavy atom. The fourth-order valence-electron chi connectivity index (χ4n) is 1.51. The summed E-state index contributed by atoms with van der Waals surface area (Å²) in [6.45, 7) is 3.56. The zero-order valence-electron chi connectivity index (χ0n) is 8.96. The molecule has 0 bridgehead atoms. The molecule has 3 nitrogen and oxygen atoms in total. The molecule has 3 heteroatoms. The van der Waals surface area contributed by atoms with Gasteiger partial charge in [0, 0.05) is 5.56 Å². The molecule has 0 saturated carbocycles. The van der Waals surface area contributed by atoms with Gasteiger partial charge < -0.3 is 9.15 Å². The van der Waals surface area contributed by atoms with Crippen LogP contribution < -0.4 is 10.2 Å². The lowest BCUT2D eigenvalue weighted by Gasteiger charge is -2.04. The highest BCUT2D eigenvalue weighted by Gasteiger charge is 2.08. The van der Waals surface area contributed by atoms with Crippen LogP contribution >= 0.6 is 0 Å². The summed E-state index contributed by atoms with van der Waals surface area (Å²) in [6, 6.07) is 5.23. The maximum atomic E-state index is 11.9. The van der Waals surface area contributed by atoms with E-state index in [9.17, 15) is 4.79 Å². The third-order valence-electron chi connectivity index (χ3n) is 2.56. The van der Waals surface area contributed by atoms with Crippen LogP contribution in [0, 0.1) is 13.8 Å². The molecular weight excluding hydrogens is 192 g/mol. The lowest BCUT2D eigenvalue weighted by molar-refractivity contribution is 0.415. The second-order valence-corrected chi connectivity index (χ2v) is 3.47. The quantitative estimate of drug-likeness (QED) is 0.716. The van der Waals surface area contributed by atoms with Gasteiger partial charge in [0.15, 0.2) is 5.43 Å². The van der Waals surface area contributed by atoms with Gasteiger partial charge in [0.2, 0.25) is 0 Å². The van der Waals surface area contributed by atoms with Crippen molar-refractivity contribution < 1.29 is 9.15 Å². The first-order chi connectivity index (χ1) is 7.13. The predicted octanol–water partition coefficient (Wildman–Crippen LogP) is 2.42. The van der Waals surface area contributed by atoms with Gasteiger partial charge in [-0.15, -0.1) is 0 Å². The Balaban J connectivity index is 2.88. The largest absolute Gasteiger partial charge is 0.497 e. The van der Waals surface area contributed by atoms with Crippen molar-refractivity contribution in [1.29, 1.82) is 0 Å². The molecule has 0 unspecified atom stereocenters. The Bertz CT molecular complexity index is 567. The van der Waals surface area contributed by atoms with Crippen LogP contribution in [0.2, 0.25) is 0 Å². The van der Waals surface area contributed by atoms with E-state index in [2.05, 4.69) is 0 Å². The van der Waals surface area contributed by atoms with Gasteiger partial charge in [0.1, 0.15) is 17.1 Å². The third kappa shape index (κ3) is 1.50. The van der Waals surface area contributed by atoms with E-state index in [1.807, 2.05) is 0 Å². The smallest absolute Gasteiger partial charge is 0.195 e. The highest BCUT2D eigenvalue weighted by Crippen LogP contribution is 2.20. The average Bonchev–Trinajstić information content (AvgIpc) is 2.26. The van der Waals surface area contributed by atoms with Gasteiger partial charge in [-0.05, 0) is 32.0 Å². The van der Waals surface area contributed by atoms with Crippen LogP contribution in [0.3, 0.4) is 0 Å². The summed E-state index contributed by atoms with van der Waals surface area (Å²) in [4.78, 5) is 11.9. The van der Waals surface area contributed by atoms with Crippen molar-refractivity contribution in [2.24, 2.45) is 0 Å². The van der Waals surface area contributed by atoms with E-state index < -0.39 is 0 Å². The summed E-state index contributed by atoms with van der Waals surface area (Å²) in [5.41, 5.74) is 1.26. The second kappa shape index (κ2) is 3.42. The predicted molar refractivity (Wildman–Crippen MR) is 58.5 cm³/mol. The molecule has 1 aromatic carbocycles. The molecule has 0 aliphatic rings. The Hall–Kier alpha value is -1.77. The molecule has 0 amide bonds. The summed E-state index contributed by atoms with van der Waals surface area (Å²) in [6.07, 6.45) is 0. The van der Waals surface area contributed by atoms with Crippen LogP contribution in [0.25, 0.3) is 11.0 Å². The summed E-state index contributed by atoms with van der Waals surface area (Å²) in [7, 11) is 1.57. The van der Waals surface area contributed by atoms with Crippen molar-refractivity contribution >= 4 is 11.0 Å². The molecule has 0 fully saturated rings. The lowest BCUT2D eigenvalue weighted by atomic mass is 10.1. The van der Waals surface area contributed by atoms with Gasteiger partial charge >= 0.3 is 0 Å². The van der Waals surface area contributed by atoms with Gasteiger partial charge in [-0.3, -0.25) is 4.79 Å². The fourth-order valence-corrected chi connectivity index (χ4v) is 1.51. The Labute approximate surface area is 87.3 Å². The van der Waals surface area contributed by atoms with Crippen molar-refractivity contribution in [2.75, 3.05) is 7.11 Å².